The van der Waals surface area contributed by atoms with Crippen molar-refractivity contribution in [3.63, 3.8) is 0 Å². The molecule has 0 unspecified atom stereocenters. The van der Waals surface area contributed by atoms with Gasteiger partial charge in [-0.2, -0.15) is 0 Å². The molecule has 174 valence electrons. The first kappa shape index (κ1) is 22.7. The van der Waals surface area contributed by atoms with Gasteiger partial charge in [0, 0.05) is 12.6 Å². The largest absolute Gasteiger partial charge is 0.463 e. The molecule has 0 radical (unpaired) electrons. The van der Waals surface area contributed by atoms with Crippen LogP contribution in [0.1, 0.15) is 70.8 Å². The molecule has 3 heterocycles. The zero-order valence-electron chi connectivity index (χ0n) is 20.1. The summed E-state index contributed by atoms with van der Waals surface area (Å²) in [5.74, 6) is 2.04. The van der Waals surface area contributed by atoms with Crippen LogP contribution in [0.25, 0.3) is 11.5 Å². The zero-order chi connectivity index (χ0) is 23.0. The van der Waals surface area contributed by atoms with Crippen molar-refractivity contribution in [2.24, 2.45) is 17.8 Å². The van der Waals surface area contributed by atoms with Gasteiger partial charge < -0.3 is 19.2 Å². The Morgan fingerprint density at radius 1 is 1.22 bits per heavy atom. The van der Waals surface area contributed by atoms with Gasteiger partial charge in [0.25, 0.3) is 5.91 Å². The third-order valence-corrected chi connectivity index (χ3v) is 7.72. The minimum Gasteiger partial charge on any atom is -0.463 e. The lowest BCUT2D eigenvalue weighted by molar-refractivity contribution is -0.134. The molecule has 1 fully saturated rings. The molecule has 0 aromatic carbocycles. The maximum absolute atomic E-state index is 13.8. The summed E-state index contributed by atoms with van der Waals surface area (Å²) in [6.45, 7) is 11.7. The Morgan fingerprint density at radius 3 is 2.66 bits per heavy atom. The van der Waals surface area contributed by atoms with E-state index in [4.69, 9.17) is 4.42 Å². The second-order valence-corrected chi connectivity index (χ2v) is 10.4. The molecule has 0 bridgehead atoms. The van der Waals surface area contributed by atoms with Crippen LogP contribution in [0.4, 0.5) is 0 Å². The van der Waals surface area contributed by atoms with Gasteiger partial charge in [-0.15, -0.1) is 0 Å². The predicted octanol–water partition coefficient (Wildman–Crippen LogP) is 4.95. The molecule has 6 nitrogen and oxygen atoms in total. The summed E-state index contributed by atoms with van der Waals surface area (Å²) < 4.78 is 7.57. The van der Waals surface area contributed by atoms with Gasteiger partial charge in [0.15, 0.2) is 0 Å². The molecule has 6 heteroatoms. The number of fused-ring (bicyclic) bond motifs is 1. The molecule has 1 saturated carbocycles. The van der Waals surface area contributed by atoms with E-state index in [1.165, 1.54) is 6.42 Å². The molecule has 4 atom stereocenters. The fourth-order valence-electron chi connectivity index (χ4n) is 5.26. The van der Waals surface area contributed by atoms with Crippen LogP contribution in [0.15, 0.2) is 34.9 Å². The lowest BCUT2D eigenvalue weighted by atomic mass is 9.77. The van der Waals surface area contributed by atoms with Gasteiger partial charge in [-0.3, -0.25) is 9.59 Å². The Bertz CT molecular complexity index is 961. The molecule has 1 N–H and O–H groups in total. The second kappa shape index (κ2) is 8.80. The summed E-state index contributed by atoms with van der Waals surface area (Å²) in [6, 6.07) is 7.65. The SMILES string of the molecule is CC(C)CCN1C(=O)c2ccc(-c3ccco3)n2C[C@]1(C)C(=O)N[C@@H]1CCC[C@H](C)[C@H]1C. The molecule has 2 aromatic rings. The van der Waals surface area contributed by atoms with Crippen LogP contribution in [-0.4, -0.2) is 39.4 Å². The van der Waals surface area contributed by atoms with E-state index in [0.29, 0.717) is 42.3 Å². The third-order valence-electron chi connectivity index (χ3n) is 7.72. The number of hydrogen-bond donors (Lipinski definition) is 1. The molecule has 0 saturated heterocycles. The lowest BCUT2D eigenvalue weighted by Crippen LogP contribution is -2.65. The molecule has 2 amide bonds. The van der Waals surface area contributed by atoms with Gasteiger partial charge >= 0.3 is 0 Å². The maximum atomic E-state index is 13.8. The molecule has 2 aromatic heterocycles. The minimum atomic E-state index is -0.959. The zero-order valence-corrected chi connectivity index (χ0v) is 20.1. The normalized spacial score (nSPS) is 28.1. The lowest BCUT2D eigenvalue weighted by Gasteiger charge is -2.46. The third kappa shape index (κ3) is 4.00. The van der Waals surface area contributed by atoms with E-state index < -0.39 is 5.54 Å². The van der Waals surface area contributed by atoms with Crippen molar-refractivity contribution in [3.8, 4) is 11.5 Å². The molecular weight excluding hydrogens is 402 g/mol. The molecule has 1 aliphatic heterocycles. The number of rotatable bonds is 6. The van der Waals surface area contributed by atoms with E-state index in [9.17, 15) is 9.59 Å². The van der Waals surface area contributed by atoms with Crippen LogP contribution >= 0.6 is 0 Å². The number of nitrogens with zero attached hydrogens (tertiary/aromatic N) is 2. The second-order valence-electron chi connectivity index (χ2n) is 10.4. The van der Waals surface area contributed by atoms with Gasteiger partial charge in [-0.1, -0.05) is 40.5 Å². The summed E-state index contributed by atoms with van der Waals surface area (Å²) in [6.07, 6.45) is 5.83. The summed E-state index contributed by atoms with van der Waals surface area (Å²) in [4.78, 5) is 29.3. The number of furan rings is 1. The number of nitrogens with one attached hydrogen (secondary N) is 1. The van der Waals surface area contributed by atoms with Crippen molar-refractivity contribution in [2.45, 2.75) is 78.4 Å². The molecule has 1 aliphatic carbocycles. The monoisotopic (exact) mass is 439 g/mol. The summed E-state index contributed by atoms with van der Waals surface area (Å²) in [5.41, 5.74) is 0.491. The van der Waals surface area contributed by atoms with Crippen LogP contribution in [0, 0.1) is 17.8 Å². The molecule has 2 aliphatic rings. The number of hydrogen-bond acceptors (Lipinski definition) is 3. The highest BCUT2D eigenvalue weighted by Crippen LogP contribution is 2.35. The van der Waals surface area contributed by atoms with E-state index in [-0.39, 0.29) is 17.9 Å². The molecule has 32 heavy (non-hydrogen) atoms. The van der Waals surface area contributed by atoms with E-state index in [0.717, 1.165) is 25.0 Å². The van der Waals surface area contributed by atoms with Crippen molar-refractivity contribution in [1.29, 1.82) is 0 Å². The Labute approximate surface area is 191 Å². The summed E-state index contributed by atoms with van der Waals surface area (Å²) in [5, 5.41) is 3.36. The number of aromatic nitrogens is 1. The van der Waals surface area contributed by atoms with Crippen molar-refractivity contribution < 1.29 is 14.0 Å². The summed E-state index contributed by atoms with van der Waals surface area (Å²) in [7, 11) is 0. The van der Waals surface area contributed by atoms with E-state index >= 15 is 0 Å². The van der Waals surface area contributed by atoms with Crippen molar-refractivity contribution in [2.75, 3.05) is 6.54 Å². The van der Waals surface area contributed by atoms with E-state index in [2.05, 4.69) is 33.0 Å². The fourth-order valence-corrected chi connectivity index (χ4v) is 5.26. The highest BCUT2D eigenvalue weighted by atomic mass is 16.3. The molecular formula is C26H37N3O3. The van der Waals surface area contributed by atoms with Gasteiger partial charge in [0.1, 0.15) is 17.0 Å². The Kier molecular flexibility index (Phi) is 6.24. The molecule has 0 spiro atoms. The number of amides is 2. The topological polar surface area (TPSA) is 67.5 Å². The van der Waals surface area contributed by atoms with Crippen molar-refractivity contribution in [3.05, 3.63) is 36.2 Å². The first-order valence-corrected chi connectivity index (χ1v) is 12.1. The Morgan fingerprint density at radius 2 is 1.97 bits per heavy atom. The fraction of sp³-hybridized carbons (Fsp3) is 0.615. The highest BCUT2D eigenvalue weighted by Gasteiger charge is 2.48. The number of carbonyl (C=O) groups excluding carboxylic acids is 2. The maximum Gasteiger partial charge on any atom is 0.271 e. The average Bonchev–Trinajstić information content (AvgIpc) is 3.40. The standard InChI is InChI=1S/C26H37N3O3/c1-17(2)13-14-29-24(30)22-12-11-21(23-10-7-15-32-23)28(22)16-26(29,5)25(31)27-20-9-6-8-18(3)19(20)4/h7,10-12,15,17-20H,6,8-9,13-14,16H2,1-5H3,(H,27,31)/t18-,19+,20+,26+/m0/s1. The quantitative estimate of drug-likeness (QED) is 0.692. The van der Waals surface area contributed by atoms with Crippen molar-refractivity contribution in [1.82, 2.24) is 14.8 Å². The molecule has 4 rings (SSSR count). The Balaban J connectivity index is 1.68. The van der Waals surface area contributed by atoms with Crippen LogP contribution in [0.5, 0.6) is 0 Å². The van der Waals surface area contributed by atoms with E-state index in [1.807, 2.05) is 35.8 Å². The highest BCUT2D eigenvalue weighted by molar-refractivity contribution is 6.00. The first-order chi connectivity index (χ1) is 15.2. The average molecular weight is 440 g/mol. The minimum absolute atomic E-state index is 0.0506. The van der Waals surface area contributed by atoms with Crippen LogP contribution in [-0.2, 0) is 11.3 Å². The van der Waals surface area contributed by atoms with Crippen LogP contribution < -0.4 is 5.32 Å². The Hall–Kier alpha value is -2.50. The van der Waals surface area contributed by atoms with Gasteiger partial charge in [0.2, 0.25) is 5.91 Å². The summed E-state index contributed by atoms with van der Waals surface area (Å²) >= 11 is 0. The predicted molar refractivity (Wildman–Crippen MR) is 125 cm³/mol. The van der Waals surface area contributed by atoms with E-state index in [1.54, 1.807) is 11.2 Å². The van der Waals surface area contributed by atoms with Crippen molar-refractivity contribution >= 4 is 11.8 Å². The van der Waals surface area contributed by atoms with Gasteiger partial charge in [-0.05, 0) is 61.8 Å². The number of carbonyl (C=O) groups is 2. The van der Waals surface area contributed by atoms with Crippen LogP contribution in [0.2, 0.25) is 0 Å². The van der Waals surface area contributed by atoms with Gasteiger partial charge in [0.05, 0.1) is 18.5 Å². The smallest absolute Gasteiger partial charge is 0.271 e. The van der Waals surface area contributed by atoms with Crippen LogP contribution in [0.3, 0.4) is 0 Å². The van der Waals surface area contributed by atoms with Gasteiger partial charge in [-0.25, -0.2) is 0 Å². The first-order valence-electron chi connectivity index (χ1n) is 12.1.